The Morgan fingerprint density at radius 2 is 1.04 bits per heavy atom. The van der Waals surface area contributed by atoms with Gasteiger partial charge in [-0.1, -0.05) is 18.2 Å². The first-order chi connectivity index (χ1) is 12.3. The molecule has 0 aliphatic carbocycles. The number of hydrogen-bond donors (Lipinski definition) is 0. The second kappa shape index (κ2) is 10.3. The zero-order chi connectivity index (χ0) is 17.3. The molecule has 0 bridgehead atoms. The summed E-state index contributed by atoms with van der Waals surface area (Å²) in [5.74, 6) is 0. The van der Waals surface area contributed by atoms with Crippen molar-refractivity contribution in [1.29, 1.82) is 0 Å². The van der Waals surface area contributed by atoms with Gasteiger partial charge in [0.2, 0.25) is 0 Å². The molecule has 0 aromatic carbocycles. The first kappa shape index (κ1) is 19.6. The van der Waals surface area contributed by atoms with E-state index in [0.717, 1.165) is 22.8 Å². The van der Waals surface area contributed by atoms with Crippen molar-refractivity contribution < 1.29 is 21.1 Å². The number of nitrogens with zero attached hydrogens (tertiary/aromatic N) is 4. The number of aryl methyl sites for hydroxylation is 1. The minimum absolute atomic E-state index is 0. The number of pyridine rings is 4. The Morgan fingerprint density at radius 3 is 1.42 bits per heavy atom. The zero-order valence-electron chi connectivity index (χ0n) is 14.3. The topological polar surface area (TPSA) is 51.6 Å². The van der Waals surface area contributed by atoms with Crippen molar-refractivity contribution in [1.82, 2.24) is 19.9 Å². The minimum atomic E-state index is 0. The van der Waals surface area contributed by atoms with Crippen molar-refractivity contribution in [2.45, 2.75) is 6.92 Å². The van der Waals surface area contributed by atoms with Crippen LogP contribution in [0.25, 0.3) is 22.8 Å². The maximum absolute atomic E-state index is 4.59. The van der Waals surface area contributed by atoms with Gasteiger partial charge in [0.1, 0.15) is 0 Å². The third-order valence-electron chi connectivity index (χ3n) is 3.45. The van der Waals surface area contributed by atoms with Gasteiger partial charge in [-0.2, -0.15) is 0 Å². The van der Waals surface area contributed by atoms with Gasteiger partial charge in [0.15, 0.2) is 0 Å². The molecule has 0 atom stereocenters. The van der Waals surface area contributed by atoms with Crippen LogP contribution < -0.4 is 0 Å². The summed E-state index contributed by atoms with van der Waals surface area (Å²) < 4.78 is 0. The van der Waals surface area contributed by atoms with Gasteiger partial charge < -0.3 is 0 Å². The van der Waals surface area contributed by atoms with Crippen LogP contribution in [0.5, 0.6) is 0 Å². The van der Waals surface area contributed by atoms with Crippen LogP contribution in [0.4, 0.5) is 0 Å². The van der Waals surface area contributed by atoms with E-state index in [0.29, 0.717) is 0 Å². The van der Waals surface area contributed by atoms with Gasteiger partial charge in [-0.15, -0.1) is 0 Å². The molecule has 4 aromatic heterocycles. The summed E-state index contributed by atoms with van der Waals surface area (Å²) in [4.78, 5) is 17.0. The Hall–Kier alpha value is -2.71. The zero-order valence-corrected chi connectivity index (χ0v) is 16.5. The summed E-state index contributed by atoms with van der Waals surface area (Å²) in [6.07, 6.45) is 7.11. The molecule has 0 N–H and O–H groups in total. The van der Waals surface area contributed by atoms with Crippen molar-refractivity contribution >= 4 is 0 Å². The molecule has 0 aliphatic rings. The second-order valence-corrected chi connectivity index (χ2v) is 5.36. The van der Waals surface area contributed by atoms with E-state index < -0.39 is 0 Å². The fraction of sp³-hybridized carbons (Fsp3) is 0.0476. The van der Waals surface area contributed by atoms with Crippen LogP contribution in [0.15, 0.2) is 91.5 Å². The molecule has 4 aromatic rings. The molecule has 4 nitrogen and oxygen atoms in total. The van der Waals surface area contributed by atoms with E-state index in [2.05, 4.69) is 19.9 Å². The van der Waals surface area contributed by atoms with E-state index in [1.807, 2.05) is 73.7 Å². The molecule has 0 fully saturated rings. The van der Waals surface area contributed by atoms with E-state index in [-0.39, 0.29) is 21.1 Å². The number of hydrogen-bond acceptors (Lipinski definition) is 4. The van der Waals surface area contributed by atoms with Gasteiger partial charge in [-0.3, -0.25) is 15.0 Å². The van der Waals surface area contributed by atoms with Crippen LogP contribution in [-0.2, 0) is 21.1 Å². The largest absolute Gasteiger partial charge is 0.265 e. The smallest absolute Gasteiger partial charge is 0.0894 e. The maximum atomic E-state index is 4.59. The quantitative estimate of drug-likeness (QED) is 0.387. The summed E-state index contributed by atoms with van der Waals surface area (Å²) in [5.41, 5.74) is 4.72. The number of aromatic nitrogens is 4. The van der Waals surface area contributed by atoms with Crippen LogP contribution in [0.3, 0.4) is 0 Å². The summed E-state index contributed by atoms with van der Waals surface area (Å²) in [6, 6.07) is 21.4. The van der Waals surface area contributed by atoms with Crippen LogP contribution in [0.1, 0.15) is 5.56 Å². The summed E-state index contributed by atoms with van der Waals surface area (Å²) in [5, 5.41) is 0. The average molecular weight is 521 g/mol. The second-order valence-electron chi connectivity index (χ2n) is 5.36. The monoisotopic (exact) mass is 521 g/mol. The first-order valence-electron chi connectivity index (χ1n) is 7.99. The fourth-order valence-corrected chi connectivity index (χ4v) is 2.18. The number of rotatable bonds is 2. The third kappa shape index (κ3) is 5.68. The predicted octanol–water partition coefficient (Wildman–Crippen LogP) is 4.59. The van der Waals surface area contributed by atoms with Gasteiger partial charge >= 0.3 is 0 Å². The minimum Gasteiger partial charge on any atom is -0.265 e. The molecule has 4 heterocycles. The van der Waals surface area contributed by atoms with Crippen LogP contribution in [0.2, 0.25) is 0 Å². The van der Waals surface area contributed by atoms with E-state index in [9.17, 15) is 0 Å². The Kier molecular flexibility index (Phi) is 7.78. The van der Waals surface area contributed by atoms with Gasteiger partial charge in [0.05, 0.1) is 22.8 Å². The molecule has 4 rings (SSSR count). The first-order valence-corrected chi connectivity index (χ1v) is 7.99. The van der Waals surface area contributed by atoms with Gasteiger partial charge in [-0.05, 0) is 61.0 Å². The Bertz CT molecular complexity index is 846. The SMILES string of the molecule is Cc1ccncc1.[Pt].c1ccc(-c2cccc(-c3ccccn3)n2)nc1. The average Bonchev–Trinajstić information content (AvgIpc) is 2.71. The molecule has 0 saturated carbocycles. The van der Waals surface area contributed by atoms with E-state index >= 15 is 0 Å². The molecule has 0 radical (unpaired) electrons. The van der Waals surface area contributed by atoms with Crippen molar-refractivity contribution in [3.8, 4) is 22.8 Å². The van der Waals surface area contributed by atoms with Gasteiger partial charge in [0, 0.05) is 45.9 Å². The molecule has 0 spiro atoms. The molecule has 26 heavy (non-hydrogen) atoms. The standard InChI is InChI=1S/C15H11N3.C6H7N.Pt/c1-3-10-16-12(6-1)14-8-5-9-15(18-14)13-7-2-4-11-17-13;1-6-2-4-7-5-3-6;/h1-11H;2-5H,1H3;. The maximum Gasteiger partial charge on any atom is 0.0894 e. The third-order valence-corrected chi connectivity index (χ3v) is 3.45. The Labute approximate surface area is 167 Å². The van der Waals surface area contributed by atoms with Crippen molar-refractivity contribution in [2.75, 3.05) is 0 Å². The summed E-state index contributed by atoms with van der Waals surface area (Å²) >= 11 is 0. The molecule has 5 heteroatoms. The van der Waals surface area contributed by atoms with Crippen LogP contribution >= 0.6 is 0 Å². The van der Waals surface area contributed by atoms with Crippen LogP contribution in [0, 0.1) is 6.92 Å². The molecular weight excluding hydrogens is 503 g/mol. The van der Waals surface area contributed by atoms with Crippen LogP contribution in [-0.4, -0.2) is 19.9 Å². The molecule has 132 valence electrons. The fourth-order valence-electron chi connectivity index (χ4n) is 2.18. The van der Waals surface area contributed by atoms with Crippen molar-refractivity contribution in [2.24, 2.45) is 0 Å². The van der Waals surface area contributed by atoms with Gasteiger partial charge in [-0.25, -0.2) is 4.98 Å². The molecule has 0 aliphatic heterocycles. The predicted molar refractivity (Wildman–Crippen MR) is 99.7 cm³/mol. The molecule has 0 amide bonds. The summed E-state index contributed by atoms with van der Waals surface area (Å²) in [6.45, 7) is 2.04. The van der Waals surface area contributed by atoms with E-state index in [1.165, 1.54) is 5.56 Å². The van der Waals surface area contributed by atoms with Gasteiger partial charge in [0.25, 0.3) is 0 Å². The Morgan fingerprint density at radius 1 is 0.538 bits per heavy atom. The van der Waals surface area contributed by atoms with E-state index in [4.69, 9.17) is 0 Å². The summed E-state index contributed by atoms with van der Waals surface area (Å²) in [7, 11) is 0. The van der Waals surface area contributed by atoms with Crippen molar-refractivity contribution in [3.63, 3.8) is 0 Å². The van der Waals surface area contributed by atoms with Crippen molar-refractivity contribution in [3.05, 3.63) is 97.1 Å². The molecular formula is C21H18N4Pt. The molecule has 0 saturated heterocycles. The molecule has 0 unspecified atom stereocenters. The normalized spacial score (nSPS) is 9.42. The Balaban J connectivity index is 0.000000258. The van der Waals surface area contributed by atoms with E-state index in [1.54, 1.807) is 24.8 Å².